The molecular weight excluding hydrogens is 288 g/mol. The molecular formula is C15H24N2O3S. The summed E-state index contributed by atoms with van der Waals surface area (Å²) in [5.74, 6) is 0.980. The first-order valence-electron chi connectivity index (χ1n) is 7.43. The van der Waals surface area contributed by atoms with Crippen molar-refractivity contribution in [1.29, 1.82) is 0 Å². The van der Waals surface area contributed by atoms with Gasteiger partial charge in [0.25, 0.3) is 0 Å². The lowest BCUT2D eigenvalue weighted by Gasteiger charge is -2.29. The maximum Gasteiger partial charge on any atom is 0.240 e. The molecule has 3 N–H and O–H groups in total. The van der Waals surface area contributed by atoms with Gasteiger partial charge in [-0.25, -0.2) is 13.1 Å². The predicted molar refractivity (Wildman–Crippen MR) is 82.7 cm³/mol. The molecule has 1 aliphatic rings. The van der Waals surface area contributed by atoms with Gasteiger partial charge in [0.1, 0.15) is 5.75 Å². The Kier molecular flexibility index (Phi) is 5.61. The van der Waals surface area contributed by atoms with E-state index < -0.39 is 10.0 Å². The molecule has 21 heavy (non-hydrogen) atoms. The molecule has 1 fully saturated rings. The number of sulfonamides is 1. The first-order chi connectivity index (χ1) is 10.1. The van der Waals surface area contributed by atoms with E-state index in [1.54, 1.807) is 31.4 Å². The van der Waals surface area contributed by atoms with Gasteiger partial charge in [-0.05, 0) is 43.0 Å². The maximum atomic E-state index is 12.4. The lowest BCUT2D eigenvalue weighted by molar-refractivity contribution is 0.294. The van der Waals surface area contributed by atoms with Crippen LogP contribution < -0.4 is 15.2 Å². The molecule has 5 nitrogen and oxygen atoms in total. The van der Waals surface area contributed by atoms with Crippen LogP contribution in [0.25, 0.3) is 0 Å². The SMILES string of the molecule is COc1ccc(S(=O)(=O)NC(CN)C2CCCCC2)cc1. The van der Waals surface area contributed by atoms with E-state index >= 15 is 0 Å². The van der Waals surface area contributed by atoms with Crippen molar-refractivity contribution in [3.63, 3.8) is 0 Å². The molecule has 1 unspecified atom stereocenters. The minimum absolute atomic E-state index is 0.183. The average Bonchev–Trinajstić information content (AvgIpc) is 2.53. The van der Waals surface area contributed by atoms with Crippen molar-refractivity contribution < 1.29 is 13.2 Å². The van der Waals surface area contributed by atoms with Crippen LogP contribution >= 0.6 is 0 Å². The number of methoxy groups -OCH3 is 1. The molecule has 0 saturated heterocycles. The van der Waals surface area contributed by atoms with Gasteiger partial charge in [-0.1, -0.05) is 19.3 Å². The monoisotopic (exact) mass is 312 g/mol. The summed E-state index contributed by atoms with van der Waals surface area (Å²) in [5, 5.41) is 0. The summed E-state index contributed by atoms with van der Waals surface area (Å²) in [6, 6.07) is 6.21. The van der Waals surface area contributed by atoms with Gasteiger partial charge < -0.3 is 10.5 Å². The van der Waals surface area contributed by atoms with Gasteiger partial charge in [0.15, 0.2) is 0 Å². The summed E-state index contributed by atoms with van der Waals surface area (Å²) in [6.45, 7) is 0.333. The van der Waals surface area contributed by atoms with Crippen molar-refractivity contribution in [3.05, 3.63) is 24.3 Å². The molecule has 1 atom stereocenters. The predicted octanol–water partition coefficient (Wildman–Crippen LogP) is 1.88. The molecule has 0 amide bonds. The Bertz CT molecular complexity index is 537. The second kappa shape index (κ2) is 7.24. The minimum atomic E-state index is -3.53. The average molecular weight is 312 g/mol. The van der Waals surface area contributed by atoms with Crippen LogP contribution in [-0.4, -0.2) is 28.1 Å². The molecule has 1 aromatic rings. The van der Waals surface area contributed by atoms with E-state index in [9.17, 15) is 8.42 Å². The van der Waals surface area contributed by atoms with Crippen molar-refractivity contribution >= 4 is 10.0 Å². The van der Waals surface area contributed by atoms with Crippen LogP contribution in [0.5, 0.6) is 5.75 Å². The van der Waals surface area contributed by atoms with Gasteiger partial charge in [-0.2, -0.15) is 0 Å². The highest BCUT2D eigenvalue weighted by Gasteiger charge is 2.27. The van der Waals surface area contributed by atoms with Gasteiger partial charge >= 0.3 is 0 Å². The minimum Gasteiger partial charge on any atom is -0.497 e. The smallest absolute Gasteiger partial charge is 0.240 e. The lowest BCUT2D eigenvalue weighted by atomic mass is 9.84. The summed E-state index contributed by atoms with van der Waals surface area (Å²) in [6.07, 6.45) is 5.65. The Morgan fingerprint density at radius 3 is 2.38 bits per heavy atom. The molecule has 1 aromatic carbocycles. The van der Waals surface area contributed by atoms with Crippen LogP contribution in [0.3, 0.4) is 0 Å². The first kappa shape index (κ1) is 16.3. The van der Waals surface area contributed by atoms with Crippen molar-refractivity contribution in [3.8, 4) is 5.75 Å². The van der Waals surface area contributed by atoms with Crippen LogP contribution in [0.2, 0.25) is 0 Å². The largest absolute Gasteiger partial charge is 0.497 e. The van der Waals surface area contributed by atoms with Crippen LogP contribution in [-0.2, 0) is 10.0 Å². The van der Waals surface area contributed by atoms with Crippen LogP contribution in [0.15, 0.2) is 29.2 Å². The number of rotatable bonds is 6. The highest BCUT2D eigenvalue weighted by atomic mass is 32.2. The molecule has 1 saturated carbocycles. The van der Waals surface area contributed by atoms with Crippen LogP contribution in [0.4, 0.5) is 0 Å². The standard InChI is InChI=1S/C15H24N2O3S/c1-20-13-7-9-14(10-8-13)21(18,19)17-15(11-16)12-5-3-2-4-6-12/h7-10,12,15,17H,2-6,11,16H2,1H3. The van der Waals surface area contributed by atoms with Gasteiger partial charge in [-0.15, -0.1) is 0 Å². The Labute approximate surface area is 126 Å². The number of hydrogen-bond acceptors (Lipinski definition) is 4. The number of nitrogens with one attached hydrogen (secondary N) is 1. The Hall–Kier alpha value is -1.11. The Balaban J connectivity index is 2.10. The fraction of sp³-hybridized carbons (Fsp3) is 0.600. The Morgan fingerprint density at radius 2 is 1.86 bits per heavy atom. The quantitative estimate of drug-likeness (QED) is 0.840. The molecule has 1 aliphatic carbocycles. The summed E-state index contributed by atoms with van der Waals surface area (Å²) in [4.78, 5) is 0.248. The zero-order valence-electron chi connectivity index (χ0n) is 12.4. The fourth-order valence-electron chi connectivity index (χ4n) is 2.90. The summed E-state index contributed by atoms with van der Waals surface area (Å²) in [5.41, 5.74) is 5.79. The van der Waals surface area contributed by atoms with E-state index in [0.29, 0.717) is 18.2 Å². The summed E-state index contributed by atoms with van der Waals surface area (Å²) >= 11 is 0. The van der Waals surface area contributed by atoms with Gasteiger partial charge in [0.2, 0.25) is 10.0 Å². The fourth-order valence-corrected chi connectivity index (χ4v) is 4.21. The van der Waals surface area contributed by atoms with E-state index in [1.807, 2.05) is 0 Å². The molecule has 6 heteroatoms. The topological polar surface area (TPSA) is 81.4 Å². The normalized spacial score (nSPS) is 18.4. The molecule has 0 radical (unpaired) electrons. The number of nitrogens with two attached hydrogens (primary N) is 1. The van der Waals surface area contributed by atoms with Crippen molar-refractivity contribution in [2.75, 3.05) is 13.7 Å². The third-order valence-electron chi connectivity index (χ3n) is 4.15. The molecule has 2 rings (SSSR count). The van der Waals surface area contributed by atoms with Crippen molar-refractivity contribution in [2.45, 2.75) is 43.0 Å². The first-order valence-corrected chi connectivity index (χ1v) is 8.91. The zero-order valence-corrected chi connectivity index (χ0v) is 13.2. The van der Waals surface area contributed by atoms with E-state index in [-0.39, 0.29) is 10.9 Å². The third kappa shape index (κ3) is 4.18. The summed E-state index contributed by atoms with van der Waals surface area (Å²) < 4.78 is 32.7. The van der Waals surface area contributed by atoms with E-state index in [0.717, 1.165) is 25.7 Å². The highest BCUT2D eigenvalue weighted by Crippen LogP contribution is 2.27. The second-order valence-corrected chi connectivity index (χ2v) is 7.25. The van der Waals surface area contributed by atoms with Crippen LogP contribution in [0, 0.1) is 5.92 Å². The van der Waals surface area contributed by atoms with Crippen LogP contribution in [0.1, 0.15) is 32.1 Å². The molecule has 0 bridgehead atoms. The highest BCUT2D eigenvalue weighted by molar-refractivity contribution is 7.89. The van der Waals surface area contributed by atoms with E-state index in [2.05, 4.69) is 4.72 Å². The zero-order chi connectivity index (χ0) is 15.3. The Morgan fingerprint density at radius 1 is 1.24 bits per heavy atom. The van der Waals surface area contributed by atoms with E-state index in [4.69, 9.17) is 10.5 Å². The van der Waals surface area contributed by atoms with Crippen molar-refractivity contribution in [2.24, 2.45) is 11.7 Å². The summed E-state index contributed by atoms with van der Waals surface area (Å²) in [7, 11) is -1.98. The third-order valence-corrected chi connectivity index (χ3v) is 5.65. The second-order valence-electron chi connectivity index (χ2n) is 5.54. The van der Waals surface area contributed by atoms with Crippen molar-refractivity contribution in [1.82, 2.24) is 4.72 Å². The molecule has 0 spiro atoms. The molecule has 0 aromatic heterocycles. The van der Waals surface area contributed by atoms with E-state index in [1.165, 1.54) is 6.42 Å². The lowest BCUT2D eigenvalue weighted by Crippen LogP contribution is -2.45. The molecule has 118 valence electrons. The maximum absolute atomic E-state index is 12.4. The molecule has 0 heterocycles. The number of hydrogen-bond donors (Lipinski definition) is 2. The number of ether oxygens (including phenoxy) is 1. The number of benzene rings is 1. The van der Waals surface area contributed by atoms with Gasteiger partial charge in [0, 0.05) is 12.6 Å². The molecule has 0 aliphatic heterocycles. The van der Waals surface area contributed by atoms with Gasteiger partial charge in [0.05, 0.1) is 12.0 Å². The van der Waals surface area contributed by atoms with Gasteiger partial charge in [-0.3, -0.25) is 0 Å².